The van der Waals surface area contributed by atoms with Crippen molar-refractivity contribution in [1.29, 1.82) is 0 Å². The van der Waals surface area contributed by atoms with E-state index in [1.165, 1.54) is 0 Å². The molecule has 0 atom stereocenters. The highest BCUT2D eigenvalue weighted by Gasteiger charge is 2.06. The monoisotopic (exact) mass is 212 g/mol. The first kappa shape index (κ1) is 10.4. The maximum atomic E-state index is 5.91. The Morgan fingerprint density at radius 3 is 2.15 bits per heavy atom. The Morgan fingerprint density at radius 1 is 1.15 bits per heavy atom. The Labute approximate surface area is 88.9 Å². The molecule has 2 heteroatoms. The second-order valence-corrected chi connectivity index (χ2v) is 4.61. The van der Waals surface area contributed by atoms with Gasteiger partial charge in [-0.3, -0.25) is 0 Å². The number of hydrogen-bond donors (Lipinski definition) is 0. The molecule has 1 aromatic rings. The summed E-state index contributed by atoms with van der Waals surface area (Å²) in [5.74, 6) is 5.90. The number of halogens is 2. The zero-order valence-electron chi connectivity index (χ0n) is 7.57. The molecule has 0 saturated carbocycles. The van der Waals surface area contributed by atoms with Gasteiger partial charge in [-0.2, -0.15) is 0 Å². The van der Waals surface area contributed by atoms with Crippen molar-refractivity contribution in [2.75, 3.05) is 0 Å². The summed E-state index contributed by atoms with van der Waals surface area (Å²) in [4.78, 5) is -0.473. The highest BCUT2D eigenvalue weighted by atomic mass is 35.5. The molecule has 0 fully saturated rings. The van der Waals surface area contributed by atoms with Gasteiger partial charge in [-0.15, -0.1) is 11.6 Å². The van der Waals surface area contributed by atoms with Gasteiger partial charge in [0.2, 0.25) is 0 Å². The SMILES string of the molecule is CC(C)(Cl)C#Cc1ccc(Cl)cc1. The molecular weight excluding hydrogens is 203 g/mol. The molecule has 0 aromatic heterocycles. The summed E-state index contributed by atoms with van der Waals surface area (Å²) < 4.78 is 0. The highest BCUT2D eigenvalue weighted by molar-refractivity contribution is 6.30. The van der Waals surface area contributed by atoms with Gasteiger partial charge in [0.15, 0.2) is 0 Å². The average Bonchev–Trinajstić information content (AvgIpc) is 2.02. The molecule has 0 N–H and O–H groups in total. The van der Waals surface area contributed by atoms with E-state index in [0.717, 1.165) is 10.6 Å². The van der Waals surface area contributed by atoms with Crippen molar-refractivity contribution < 1.29 is 0 Å². The molecule has 1 rings (SSSR count). The number of rotatable bonds is 0. The van der Waals surface area contributed by atoms with Gasteiger partial charge in [0.25, 0.3) is 0 Å². The number of alkyl halides is 1. The molecule has 0 saturated heterocycles. The van der Waals surface area contributed by atoms with Gasteiger partial charge < -0.3 is 0 Å². The van der Waals surface area contributed by atoms with Crippen LogP contribution in [0, 0.1) is 11.8 Å². The first-order chi connectivity index (χ1) is 5.97. The smallest absolute Gasteiger partial charge is 0.0997 e. The van der Waals surface area contributed by atoms with E-state index in [4.69, 9.17) is 23.2 Å². The van der Waals surface area contributed by atoms with Crippen molar-refractivity contribution in [1.82, 2.24) is 0 Å². The largest absolute Gasteiger partial charge is 0.106 e. The fraction of sp³-hybridized carbons (Fsp3) is 0.273. The molecule has 0 spiro atoms. The van der Waals surface area contributed by atoms with Crippen LogP contribution in [0.15, 0.2) is 24.3 Å². The van der Waals surface area contributed by atoms with E-state index in [2.05, 4.69) is 11.8 Å². The summed E-state index contributed by atoms with van der Waals surface area (Å²) in [6, 6.07) is 7.37. The van der Waals surface area contributed by atoms with Gasteiger partial charge in [-0.25, -0.2) is 0 Å². The average molecular weight is 213 g/mol. The van der Waals surface area contributed by atoms with Gasteiger partial charge in [0.05, 0.1) is 4.87 Å². The van der Waals surface area contributed by atoms with Crippen molar-refractivity contribution in [3.63, 3.8) is 0 Å². The topological polar surface area (TPSA) is 0 Å². The fourth-order valence-corrected chi connectivity index (χ4v) is 0.927. The molecule has 0 heterocycles. The Kier molecular flexibility index (Phi) is 3.25. The van der Waals surface area contributed by atoms with Crippen molar-refractivity contribution >= 4 is 23.2 Å². The van der Waals surface area contributed by atoms with Gasteiger partial charge in [0.1, 0.15) is 0 Å². The van der Waals surface area contributed by atoms with E-state index in [1.807, 2.05) is 38.1 Å². The molecule has 68 valence electrons. The maximum absolute atomic E-state index is 5.91. The molecular formula is C11H10Cl2. The third-order valence-electron chi connectivity index (χ3n) is 1.35. The van der Waals surface area contributed by atoms with Crippen LogP contribution < -0.4 is 0 Å². The Morgan fingerprint density at radius 2 is 1.69 bits per heavy atom. The number of benzene rings is 1. The van der Waals surface area contributed by atoms with E-state index < -0.39 is 4.87 Å². The van der Waals surface area contributed by atoms with Gasteiger partial charge >= 0.3 is 0 Å². The van der Waals surface area contributed by atoms with E-state index in [-0.39, 0.29) is 0 Å². The zero-order chi connectivity index (χ0) is 9.90. The van der Waals surface area contributed by atoms with Crippen molar-refractivity contribution in [3.8, 4) is 11.8 Å². The lowest BCUT2D eigenvalue weighted by Gasteiger charge is -2.03. The van der Waals surface area contributed by atoms with E-state index in [9.17, 15) is 0 Å². The normalized spacial score (nSPS) is 10.5. The van der Waals surface area contributed by atoms with E-state index in [1.54, 1.807) is 0 Å². The molecule has 0 nitrogen and oxygen atoms in total. The summed E-state index contributed by atoms with van der Waals surface area (Å²) >= 11 is 11.6. The summed E-state index contributed by atoms with van der Waals surface area (Å²) in [6.45, 7) is 3.72. The molecule has 1 aromatic carbocycles. The molecule has 0 aliphatic carbocycles. The van der Waals surface area contributed by atoms with Crippen molar-refractivity contribution in [2.45, 2.75) is 18.7 Å². The van der Waals surface area contributed by atoms with Crippen LogP contribution in [0.25, 0.3) is 0 Å². The zero-order valence-corrected chi connectivity index (χ0v) is 9.08. The summed E-state index contributed by atoms with van der Waals surface area (Å²) in [5, 5.41) is 0.718. The molecule has 0 aliphatic rings. The van der Waals surface area contributed by atoms with E-state index >= 15 is 0 Å². The van der Waals surface area contributed by atoms with Crippen LogP contribution in [0.3, 0.4) is 0 Å². The lowest BCUT2D eigenvalue weighted by molar-refractivity contribution is 0.917. The summed E-state index contributed by atoms with van der Waals surface area (Å²) in [5.41, 5.74) is 0.929. The minimum atomic E-state index is -0.473. The van der Waals surface area contributed by atoms with Crippen LogP contribution in [-0.4, -0.2) is 4.87 Å². The standard InChI is InChI=1S/C11H10Cl2/c1-11(2,13)8-7-9-3-5-10(12)6-4-9/h3-6H,1-2H3. The first-order valence-electron chi connectivity index (χ1n) is 3.95. The molecule has 0 radical (unpaired) electrons. The first-order valence-corrected chi connectivity index (χ1v) is 4.71. The van der Waals surface area contributed by atoms with Crippen LogP contribution in [0.4, 0.5) is 0 Å². The molecule has 0 aliphatic heterocycles. The van der Waals surface area contributed by atoms with Crippen LogP contribution >= 0.6 is 23.2 Å². The second kappa shape index (κ2) is 4.05. The van der Waals surface area contributed by atoms with Crippen LogP contribution in [-0.2, 0) is 0 Å². The Bertz CT molecular complexity index is 333. The molecule has 0 bridgehead atoms. The van der Waals surface area contributed by atoms with Crippen molar-refractivity contribution in [2.24, 2.45) is 0 Å². The molecule has 13 heavy (non-hydrogen) atoms. The minimum absolute atomic E-state index is 0.473. The minimum Gasteiger partial charge on any atom is -0.106 e. The third-order valence-corrected chi connectivity index (χ3v) is 1.69. The van der Waals surface area contributed by atoms with Gasteiger partial charge in [0, 0.05) is 10.6 Å². The lowest BCUT2D eigenvalue weighted by Crippen LogP contribution is -2.04. The number of hydrogen-bond acceptors (Lipinski definition) is 0. The predicted octanol–water partition coefficient (Wildman–Crippen LogP) is 3.71. The fourth-order valence-electron chi connectivity index (χ4n) is 0.754. The second-order valence-electron chi connectivity index (χ2n) is 3.23. The van der Waals surface area contributed by atoms with E-state index in [0.29, 0.717) is 0 Å². The Balaban J connectivity index is 2.85. The van der Waals surface area contributed by atoms with Crippen LogP contribution in [0.5, 0.6) is 0 Å². The van der Waals surface area contributed by atoms with Crippen molar-refractivity contribution in [3.05, 3.63) is 34.9 Å². The van der Waals surface area contributed by atoms with Crippen LogP contribution in [0.2, 0.25) is 5.02 Å². The van der Waals surface area contributed by atoms with Gasteiger partial charge in [-0.05, 0) is 38.1 Å². The van der Waals surface area contributed by atoms with Crippen LogP contribution in [0.1, 0.15) is 19.4 Å². The van der Waals surface area contributed by atoms with Gasteiger partial charge in [-0.1, -0.05) is 23.4 Å². The highest BCUT2D eigenvalue weighted by Crippen LogP contribution is 2.12. The molecule has 0 amide bonds. The lowest BCUT2D eigenvalue weighted by atomic mass is 10.2. The molecule has 0 unspecified atom stereocenters. The maximum Gasteiger partial charge on any atom is 0.0997 e. The quantitative estimate of drug-likeness (QED) is 0.455. The summed E-state index contributed by atoms with van der Waals surface area (Å²) in [7, 11) is 0. The predicted molar refractivity (Wildman–Crippen MR) is 58.3 cm³/mol. The third kappa shape index (κ3) is 4.22. The Hall–Kier alpha value is -0.640. The summed E-state index contributed by atoms with van der Waals surface area (Å²) in [6.07, 6.45) is 0.